The predicted octanol–water partition coefficient (Wildman–Crippen LogP) is 3.82. The molecule has 0 saturated carbocycles. The molecule has 4 nitrogen and oxygen atoms in total. The molecule has 1 aliphatic rings. The maximum atomic E-state index is 12.5. The lowest BCUT2D eigenvalue weighted by Gasteiger charge is -2.25. The Morgan fingerprint density at radius 3 is 2.40 bits per heavy atom. The zero-order valence-corrected chi connectivity index (χ0v) is 14.9. The fourth-order valence-corrected chi connectivity index (χ4v) is 3.37. The lowest BCUT2D eigenvalue weighted by molar-refractivity contribution is -0.139. The molecule has 130 valence electrons. The number of ether oxygens (including phenoxy) is 1. The Hall–Kier alpha value is -2.62. The molecule has 3 rings (SSSR count). The van der Waals surface area contributed by atoms with Gasteiger partial charge in [-0.2, -0.15) is 0 Å². The lowest BCUT2D eigenvalue weighted by Crippen LogP contribution is -2.30. The second kappa shape index (κ2) is 7.09. The van der Waals surface area contributed by atoms with Crippen LogP contribution in [-0.4, -0.2) is 23.3 Å². The molecule has 0 unspecified atom stereocenters. The standard InChI is InChI=1S/C21H23NO3/c1-14-9-15(2)11-19(10-14)25-21(24)18-12-20(23)22(13-18)16(3)17-7-5-4-6-8-17/h4-11,16,18H,12-13H2,1-3H3/t16-,18+/m1/s1. The van der Waals surface area contributed by atoms with E-state index in [1.165, 1.54) is 0 Å². The average Bonchev–Trinajstić information content (AvgIpc) is 2.96. The Bertz CT molecular complexity index is 765. The van der Waals surface area contributed by atoms with Crippen LogP contribution in [0.15, 0.2) is 48.5 Å². The maximum absolute atomic E-state index is 12.5. The molecule has 0 bridgehead atoms. The number of likely N-dealkylation sites (tertiary alicyclic amines) is 1. The van der Waals surface area contributed by atoms with Crippen LogP contribution in [0.5, 0.6) is 5.75 Å². The summed E-state index contributed by atoms with van der Waals surface area (Å²) in [6.07, 6.45) is 0.209. The number of rotatable bonds is 4. The van der Waals surface area contributed by atoms with E-state index in [0.29, 0.717) is 12.3 Å². The van der Waals surface area contributed by atoms with Gasteiger partial charge < -0.3 is 9.64 Å². The van der Waals surface area contributed by atoms with Gasteiger partial charge in [0, 0.05) is 13.0 Å². The zero-order chi connectivity index (χ0) is 18.0. The van der Waals surface area contributed by atoms with E-state index in [9.17, 15) is 9.59 Å². The minimum absolute atomic E-state index is 0.00118. The van der Waals surface area contributed by atoms with Gasteiger partial charge in [-0.15, -0.1) is 0 Å². The van der Waals surface area contributed by atoms with Crippen molar-refractivity contribution < 1.29 is 14.3 Å². The Balaban J connectivity index is 1.68. The number of amides is 1. The summed E-state index contributed by atoms with van der Waals surface area (Å²) in [5.74, 6) is -0.205. The van der Waals surface area contributed by atoms with Crippen LogP contribution < -0.4 is 4.74 Å². The van der Waals surface area contributed by atoms with Crippen LogP contribution in [0.3, 0.4) is 0 Å². The SMILES string of the molecule is Cc1cc(C)cc(OC(=O)[C@H]2CC(=O)N([C@H](C)c3ccccc3)C2)c1. The second-order valence-electron chi connectivity index (χ2n) is 6.78. The smallest absolute Gasteiger partial charge is 0.316 e. The molecule has 2 atom stereocenters. The number of aryl methyl sites for hydroxylation is 2. The molecular weight excluding hydrogens is 314 g/mol. The first-order valence-corrected chi connectivity index (χ1v) is 8.58. The van der Waals surface area contributed by atoms with Gasteiger partial charge in [-0.25, -0.2) is 0 Å². The van der Waals surface area contributed by atoms with Crippen molar-refractivity contribution in [3.8, 4) is 5.75 Å². The summed E-state index contributed by atoms with van der Waals surface area (Å²) in [5, 5.41) is 0. The summed E-state index contributed by atoms with van der Waals surface area (Å²) in [4.78, 5) is 26.6. The topological polar surface area (TPSA) is 46.6 Å². The van der Waals surface area contributed by atoms with Gasteiger partial charge in [-0.05, 0) is 49.6 Å². The number of nitrogens with zero attached hydrogens (tertiary/aromatic N) is 1. The van der Waals surface area contributed by atoms with E-state index in [1.807, 2.05) is 69.3 Å². The van der Waals surface area contributed by atoms with Gasteiger partial charge in [-0.3, -0.25) is 9.59 Å². The van der Waals surface area contributed by atoms with Gasteiger partial charge in [0.2, 0.25) is 5.91 Å². The normalized spacial score (nSPS) is 18.3. The first-order chi connectivity index (χ1) is 11.9. The molecule has 1 saturated heterocycles. The van der Waals surface area contributed by atoms with Crippen LogP contribution in [0.2, 0.25) is 0 Å². The molecule has 0 radical (unpaired) electrons. The first kappa shape index (κ1) is 17.2. The molecule has 1 amide bonds. The number of hydrogen-bond acceptors (Lipinski definition) is 3. The Kier molecular flexibility index (Phi) is 4.88. The summed E-state index contributed by atoms with van der Waals surface area (Å²) in [7, 11) is 0. The van der Waals surface area contributed by atoms with Gasteiger partial charge in [0.1, 0.15) is 5.75 Å². The second-order valence-corrected chi connectivity index (χ2v) is 6.78. The van der Waals surface area contributed by atoms with Crippen molar-refractivity contribution in [1.29, 1.82) is 0 Å². The number of carbonyl (C=O) groups excluding carboxylic acids is 2. The first-order valence-electron chi connectivity index (χ1n) is 8.58. The molecule has 0 aromatic heterocycles. The van der Waals surface area contributed by atoms with Crippen LogP contribution in [0.4, 0.5) is 0 Å². The third kappa shape index (κ3) is 3.90. The van der Waals surface area contributed by atoms with Gasteiger partial charge in [0.05, 0.1) is 12.0 Å². The fourth-order valence-electron chi connectivity index (χ4n) is 3.37. The molecular formula is C21H23NO3. The van der Waals surface area contributed by atoms with E-state index in [-0.39, 0.29) is 24.3 Å². The van der Waals surface area contributed by atoms with Crippen LogP contribution in [-0.2, 0) is 9.59 Å². The molecule has 25 heavy (non-hydrogen) atoms. The van der Waals surface area contributed by atoms with Gasteiger partial charge in [0.25, 0.3) is 0 Å². The largest absolute Gasteiger partial charge is 0.426 e. The average molecular weight is 337 g/mol. The minimum atomic E-state index is -0.417. The molecule has 1 heterocycles. The quantitative estimate of drug-likeness (QED) is 0.629. The molecule has 0 aliphatic carbocycles. The Morgan fingerprint density at radius 1 is 1.12 bits per heavy atom. The molecule has 2 aromatic carbocycles. The van der Waals surface area contributed by atoms with Crippen molar-refractivity contribution in [3.63, 3.8) is 0 Å². The predicted molar refractivity (Wildman–Crippen MR) is 96.2 cm³/mol. The number of carbonyl (C=O) groups is 2. The van der Waals surface area contributed by atoms with Crippen molar-refractivity contribution in [2.75, 3.05) is 6.54 Å². The van der Waals surface area contributed by atoms with Crippen LogP contribution in [0.1, 0.15) is 36.1 Å². The van der Waals surface area contributed by atoms with Gasteiger partial charge in [-0.1, -0.05) is 36.4 Å². The highest BCUT2D eigenvalue weighted by molar-refractivity contribution is 5.88. The number of hydrogen-bond donors (Lipinski definition) is 0. The molecule has 1 aliphatic heterocycles. The van der Waals surface area contributed by atoms with Gasteiger partial charge >= 0.3 is 5.97 Å². The number of esters is 1. The van der Waals surface area contributed by atoms with Crippen molar-refractivity contribution >= 4 is 11.9 Å². The molecule has 2 aromatic rings. The highest BCUT2D eigenvalue weighted by Gasteiger charge is 2.38. The Labute approximate surface area is 148 Å². The van der Waals surface area contributed by atoms with E-state index >= 15 is 0 Å². The van der Waals surface area contributed by atoms with Crippen LogP contribution in [0, 0.1) is 19.8 Å². The zero-order valence-electron chi connectivity index (χ0n) is 14.9. The van der Waals surface area contributed by atoms with Crippen LogP contribution >= 0.6 is 0 Å². The Morgan fingerprint density at radius 2 is 1.76 bits per heavy atom. The van der Waals surface area contributed by atoms with Crippen molar-refractivity contribution in [2.24, 2.45) is 5.92 Å². The van der Waals surface area contributed by atoms with E-state index in [4.69, 9.17) is 4.74 Å². The molecule has 0 N–H and O–H groups in total. The fraction of sp³-hybridized carbons (Fsp3) is 0.333. The summed E-state index contributed by atoms with van der Waals surface area (Å²) < 4.78 is 5.52. The van der Waals surface area contributed by atoms with Crippen molar-refractivity contribution in [2.45, 2.75) is 33.2 Å². The summed E-state index contributed by atoms with van der Waals surface area (Å²) >= 11 is 0. The summed E-state index contributed by atoms with van der Waals surface area (Å²) in [6.45, 7) is 6.32. The third-order valence-corrected chi connectivity index (χ3v) is 4.65. The molecule has 4 heteroatoms. The van der Waals surface area contributed by atoms with Gasteiger partial charge in [0.15, 0.2) is 0 Å². The van der Waals surface area contributed by atoms with Crippen LogP contribution in [0.25, 0.3) is 0 Å². The monoisotopic (exact) mass is 337 g/mol. The molecule has 0 spiro atoms. The highest BCUT2D eigenvalue weighted by atomic mass is 16.5. The van der Waals surface area contributed by atoms with E-state index in [0.717, 1.165) is 16.7 Å². The minimum Gasteiger partial charge on any atom is -0.426 e. The van der Waals surface area contributed by atoms with E-state index in [2.05, 4.69) is 0 Å². The summed E-state index contributed by atoms with van der Waals surface area (Å²) in [5.41, 5.74) is 3.16. The van der Waals surface area contributed by atoms with E-state index < -0.39 is 5.92 Å². The lowest BCUT2D eigenvalue weighted by atomic mass is 10.1. The van der Waals surface area contributed by atoms with Crippen molar-refractivity contribution in [1.82, 2.24) is 4.90 Å². The maximum Gasteiger partial charge on any atom is 0.316 e. The summed E-state index contributed by atoms with van der Waals surface area (Å²) in [6, 6.07) is 15.5. The van der Waals surface area contributed by atoms with E-state index in [1.54, 1.807) is 4.90 Å². The highest BCUT2D eigenvalue weighted by Crippen LogP contribution is 2.29. The third-order valence-electron chi connectivity index (χ3n) is 4.65. The number of benzene rings is 2. The molecule has 1 fully saturated rings. The van der Waals surface area contributed by atoms with Crippen molar-refractivity contribution in [3.05, 3.63) is 65.2 Å².